The molecule has 0 unspecified atom stereocenters. The molecule has 2 N–H and O–H groups in total. The maximum atomic E-state index is 14.8. The van der Waals surface area contributed by atoms with Crippen LogP contribution in [0, 0.1) is 17.3 Å². The van der Waals surface area contributed by atoms with E-state index in [1.54, 1.807) is 30.9 Å². The number of nitrogens with one attached hydrogen (secondary N) is 1. The van der Waals surface area contributed by atoms with E-state index in [1.165, 1.54) is 4.90 Å². The molecule has 0 aliphatic carbocycles. The Morgan fingerprint density at radius 3 is 2.40 bits per heavy atom. The Hall–Kier alpha value is -3.50. The van der Waals surface area contributed by atoms with Crippen LogP contribution in [-0.2, 0) is 28.7 Å². The van der Waals surface area contributed by atoms with Crippen LogP contribution in [0.3, 0.4) is 0 Å². The minimum atomic E-state index is -1.25. The molecular weight excluding hydrogens is 610 g/mol. The third-order valence-corrected chi connectivity index (χ3v) is 10.0. The van der Waals surface area contributed by atoms with Crippen LogP contribution >= 0.6 is 0 Å². The van der Waals surface area contributed by atoms with Crippen molar-refractivity contribution in [3.8, 4) is 0 Å². The van der Waals surface area contributed by atoms with E-state index in [0.717, 1.165) is 0 Å². The van der Waals surface area contributed by atoms with Gasteiger partial charge in [0.1, 0.15) is 17.7 Å². The van der Waals surface area contributed by atoms with Crippen LogP contribution in [0.4, 0.5) is 0 Å². The van der Waals surface area contributed by atoms with Gasteiger partial charge in [-0.2, -0.15) is 0 Å². The molecule has 2 bridgehead atoms. The van der Waals surface area contributed by atoms with Crippen molar-refractivity contribution in [2.24, 2.45) is 17.3 Å². The second kappa shape index (κ2) is 14.5. The summed E-state index contributed by atoms with van der Waals surface area (Å²) >= 11 is 0. The van der Waals surface area contributed by atoms with Crippen LogP contribution < -0.4 is 5.32 Å². The number of likely N-dealkylation sites (tertiary alicyclic amines) is 1. The molecule has 0 saturated carbocycles. The molecule has 3 saturated heterocycles. The van der Waals surface area contributed by atoms with Crippen molar-refractivity contribution in [2.75, 3.05) is 13.2 Å². The predicted octanol–water partition coefficient (Wildman–Crippen LogP) is 4.73. The van der Waals surface area contributed by atoms with E-state index in [1.807, 2.05) is 44.2 Å². The number of amides is 3. The lowest BCUT2D eigenvalue weighted by atomic mass is 9.70. The number of esters is 1. The highest BCUT2D eigenvalue weighted by atomic mass is 16.6. The van der Waals surface area contributed by atoms with E-state index in [0.29, 0.717) is 31.2 Å². The predicted molar refractivity (Wildman–Crippen MR) is 183 cm³/mol. The van der Waals surface area contributed by atoms with Gasteiger partial charge in [-0.15, -0.1) is 13.2 Å². The molecule has 3 aliphatic rings. The standard InChI is InChI=1S/C38H55N3O7/c1-10-12-18-28(43)39-25(4)31(26-16-14-13-15-17-26)47-35(46)29-27-19-20-38(48-27)30(29)33(44)41(24(3)22-42)32(38)34(45)40(21-11-2)37(8,9)23-36(5,6)7/h10-11,13-17,24-25,27,29-32,42H,1-2,12,18-23H2,3-9H3,(H,39,43)/t24-,25-,27+,29-,30-,31-,32+,38-/m1/s1. The maximum Gasteiger partial charge on any atom is 0.313 e. The largest absolute Gasteiger partial charge is 0.455 e. The van der Waals surface area contributed by atoms with Crippen molar-refractivity contribution in [1.82, 2.24) is 15.1 Å². The number of benzene rings is 1. The van der Waals surface area contributed by atoms with Crippen LogP contribution in [0.15, 0.2) is 55.6 Å². The summed E-state index contributed by atoms with van der Waals surface area (Å²) in [5.41, 5.74) is -1.25. The minimum Gasteiger partial charge on any atom is -0.455 e. The van der Waals surface area contributed by atoms with Crippen molar-refractivity contribution < 1.29 is 33.8 Å². The monoisotopic (exact) mass is 665 g/mol. The van der Waals surface area contributed by atoms with E-state index in [9.17, 15) is 24.3 Å². The number of rotatable bonds is 15. The van der Waals surface area contributed by atoms with Gasteiger partial charge in [0.15, 0.2) is 0 Å². The first-order valence-electron chi connectivity index (χ1n) is 17.2. The fourth-order valence-electron chi connectivity index (χ4n) is 8.45. The first-order valence-corrected chi connectivity index (χ1v) is 17.2. The number of nitrogens with zero attached hydrogens (tertiary/aromatic N) is 2. The molecule has 0 radical (unpaired) electrons. The van der Waals surface area contributed by atoms with E-state index >= 15 is 0 Å². The minimum absolute atomic E-state index is 0.0949. The zero-order valence-electron chi connectivity index (χ0n) is 29.7. The second-order valence-electron chi connectivity index (χ2n) is 15.6. The molecule has 1 aromatic carbocycles. The summed E-state index contributed by atoms with van der Waals surface area (Å²) in [7, 11) is 0. The van der Waals surface area contributed by atoms with Crippen LogP contribution in [0.1, 0.15) is 92.2 Å². The number of fused-ring (bicyclic) bond motifs is 1. The number of hydrogen-bond acceptors (Lipinski definition) is 7. The van der Waals surface area contributed by atoms with Gasteiger partial charge in [0, 0.05) is 18.5 Å². The molecule has 3 heterocycles. The summed E-state index contributed by atoms with van der Waals surface area (Å²) in [6.45, 7) is 21.4. The number of aliphatic hydroxyl groups is 1. The Balaban J connectivity index is 1.70. The first-order chi connectivity index (χ1) is 22.5. The molecule has 1 aromatic rings. The van der Waals surface area contributed by atoms with Crippen LogP contribution in [0.25, 0.3) is 0 Å². The smallest absolute Gasteiger partial charge is 0.313 e. The lowest BCUT2D eigenvalue weighted by molar-refractivity contribution is -0.163. The van der Waals surface area contributed by atoms with E-state index in [2.05, 4.69) is 39.2 Å². The molecule has 48 heavy (non-hydrogen) atoms. The highest BCUT2D eigenvalue weighted by molar-refractivity contribution is 5.98. The van der Waals surface area contributed by atoms with Gasteiger partial charge < -0.3 is 29.7 Å². The van der Waals surface area contributed by atoms with E-state index in [-0.39, 0.29) is 36.8 Å². The van der Waals surface area contributed by atoms with Gasteiger partial charge >= 0.3 is 5.97 Å². The van der Waals surface area contributed by atoms with Crippen molar-refractivity contribution in [3.63, 3.8) is 0 Å². The molecule has 3 aliphatic heterocycles. The van der Waals surface area contributed by atoms with Gasteiger partial charge in [-0.1, -0.05) is 63.3 Å². The molecule has 3 amide bonds. The Morgan fingerprint density at radius 2 is 1.81 bits per heavy atom. The second-order valence-corrected chi connectivity index (χ2v) is 15.6. The molecule has 1 spiro atoms. The molecule has 4 rings (SSSR count). The fraction of sp³-hybridized carbons (Fsp3) is 0.632. The Bertz CT molecular complexity index is 1370. The van der Waals surface area contributed by atoms with Crippen LogP contribution in [-0.4, -0.2) is 87.1 Å². The van der Waals surface area contributed by atoms with Gasteiger partial charge in [0.05, 0.1) is 36.6 Å². The lowest BCUT2D eigenvalue weighted by Gasteiger charge is -2.46. The number of carbonyl (C=O) groups excluding carboxylic acids is 4. The van der Waals surface area contributed by atoms with Crippen molar-refractivity contribution in [3.05, 3.63) is 61.2 Å². The van der Waals surface area contributed by atoms with Gasteiger partial charge in [0.2, 0.25) is 17.7 Å². The summed E-state index contributed by atoms with van der Waals surface area (Å²) in [4.78, 5) is 59.4. The summed E-state index contributed by atoms with van der Waals surface area (Å²) in [5, 5.41) is 13.2. The summed E-state index contributed by atoms with van der Waals surface area (Å²) in [6.07, 6.45) is 4.27. The zero-order valence-corrected chi connectivity index (χ0v) is 29.7. The van der Waals surface area contributed by atoms with Gasteiger partial charge in [-0.25, -0.2) is 0 Å². The lowest BCUT2D eigenvalue weighted by Crippen LogP contribution is -2.62. The van der Waals surface area contributed by atoms with Gasteiger partial charge in [0.25, 0.3) is 0 Å². The molecule has 0 aromatic heterocycles. The number of aliphatic hydroxyl groups excluding tert-OH is 1. The summed E-state index contributed by atoms with van der Waals surface area (Å²) < 4.78 is 12.9. The van der Waals surface area contributed by atoms with E-state index in [4.69, 9.17) is 9.47 Å². The Morgan fingerprint density at radius 1 is 1.15 bits per heavy atom. The number of ether oxygens (including phenoxy) is 2. The average molecular weight is 666 g/mol. The fourth-order valence-corrected chi connectivity index (χ4v) is 8.45. The van der Waals surface area contributed by atoms with E-state index < -0.39 is 65.2 Å². The molecule has 3 fully saturated rings. The molecular formula is C38H55N3O7. The third kappa shape index (κ3) is 7.25. The van der Waals surface area contributed by atoms with Crippen LogP contribution in [0.5, 0.6) is 0 Å². The van der Waals surface area contributed by atoms with Gasteiger partial charge in [-0.05, 0) is 64.4 Å². The van der Waals surface area contributed by atoms with Crippen molar-refractivity contribution in [2.45, 2.75) is 122 Å². The van der Waals surface area contributed by atoms with Crippen LogP contribution in [0.2, 0.25) is 0 Å². The average Bonchev–Trinajstić information content (AvgIpc) is 3.67. The third-order valence-electron chi connectivity index (χ3n) is 10.0. The molecule has 10 nitrogen and oxygen atoms in total. The Labute approximate surface area is 285 Å². The zero-order chi connectivity index (χ0) is 35.6. The summed E-state index contributed by atoms with van der Waals surface area (Å²) in [5.74, 6) is -3.40. The quantitative estimate of drug-likeness (QED) is 0.205. The Kier molecular flexibility index (Phi) is 11.3. The van der Waals surface area contributed by atoms with Crippen molar-refractivity contribution in [1.29, 1.82) is 0 Å². The molecule has 8 atom stereocenters. The molecule has 10 heteroatoms. The number of allylic oxidation sites excluding steroid dienone is 1. The highest BCUT2D eigenvalue weighted by Crippen LogP contribution is 2.59. The topological polar surface area (TPSA) is 125 Å². The first kappa shape index (κ1) is 37.3. The number of hydrogen-bond donors (Lipinski definition) is 2. The maximum absolute atomic E-state index is 14.8. The highest BCUT2D eigenvalue weighted by Gasteiger charge is 2.75. The van der Waals surface area contributed by atoms with Gasteiger partial charge in [-0.3, -0.25) is 19.2 Å². The summed E-state index contributed by atoms with van der Waals surface area (Å²) in [6, 6.07) is 6.88. The normalized spacial score (nSPS) is 26.8. The molecule has 264 valence electrons. The SMILES string of the molecule is C=CCCC(=O)N[C@H](C)[C@@H](OC(=O)[C@@H]1[C@@H]2CC[C@]3(O2)[C@H](C(=O)N(CC=C)C(C)(C)CC(C)(C)C)N([C@H](C)CO)C(=O)[C@@H]13)c1ccccc1. The van der Waals surface area contributed by atoms with Crippen molar-refractivity contribution >= 4 is 23.7 Å². The number of carbonyl (C=O) groups is 4.